The number of hydrogen-bond donors (Lipinski definition) is 2. The number of carbonyl (C=O) groups excluding carboxylic acids is 1. The zero-order valence-corrected chi connectivity index (χ0v) is 14.9. The first-order valence-corrected chi connectivity index (χ1v) is 8.54. The van der Waals surface area contributed by atoms with E-state index in [2.05, 4.69) is 10.6 Å². The predicted octanol–water partition coefficient (Wildman–Crippen LogP) is 3.71. The second-order valence-electron chi connectivity index (χ2n) is 7.12. The fraction of sp³-hybridized carbons (Fsp3) is 0.611. The summed E-state index contributed by atoms with van der Waals surface area (Å²) in [4.78, 5) is 12.4. The number of benzene rings is 1. The lowest BCUT2D eigenvalue weighted by atomic mass is 9.96. The van der Waals surface area contributed by atoms with Crippen LogP contribution in [0, 0.1) is 5.92 Å². The SMILES string of the molecule is CC(Cc1cccc(C(F)(F)F)c1)C(=O)NC1CC2CCC(C1)N2.Cl. The van der Waals surface area contributed by atoms with E-state index < -0.39 is 11.7 Å². The molecule has 7 heteroatoms. The highest BCUT2D eigenvalue weighted by atomic mass is 35.5. The average Bonchev–Trinajstić information content (AvgIpc) is 2.85. The minimum atomic E-state index is -4.35. The minimum absolute atomic E-state index is 0. The number of rotatable bonds is 4. The zero-order chi connectivity index (χ0) is 17.3. The largest absolute Gasteiger partial charge is 0.416 e. The second-order valence-corrected chi connectivity index (χ2v) is 7.12. The molecule has 2 bridgehead atoms. The van der Waals surface area contributed by atoms with Crippen molar-refractivity contribution in [1.82, 2.24) is 10.6 Å². The molecule has 0 spiro atoms. The van der Waals surface area contributed by atoms with Gasteiger partial charge in [0.25, 0.3) is 0 Å². The Morgan fingerprint density at radius 3 is 2.52 bits per heavy atom. The van der Waals surface area contributed by atoms with Gasteiger partial charge in [-0.15, -0.1) is 12.4 Å². The monoisotopic (exact) mass is 376 g/mol. The van der Waals surface area contributed by atoms with E-state index in [1.165, 1.54) is 6.07 Å². The normalized spacial score (nSPS) is 26.6. The summed E-state index contributed by atoms with van der Waals surface area (Å²) in [6.07, 6.45) is 0.175. The third-order valence-corrected chi connectivity index (χ3v) is 5.06. The molecular weight excluding hydrogens is 353 g/mol. The van der Waals surface area contributed by atoms with Gasteiger partial charge in [-0.25, -0.2) is 0 Å². The number of alkyl halides is 3. The maximum Gasteiger partial charge on any atom is 0.416 e. The Bertz CT molecular complexity index is 596. The van der Waals surface area contributed by atoms with Crippen LogP contribution in [0.5, 0.6) is 0 Å². The molecule has 0 saturated carbocycles. The Morgan fingerprint density at radius 1 is 1.28 bits per heavy atom. The van der Waals surface area contributed by atoms with Crippen LogP contribution in [0.2, 0.25) is 0 Å². The van der Waals surface area contributed by atoms with Crippen LogP contribution >= 0.6 is 12.4 Å². The predicted molar refractivity (Wildman–Crippen MR) is 92.7 cm³/mol. The summed E-state index contributed by atoms with van der Waals surface area (Å²) in [5.41, 5.74) is -0.125. The van der Waals surface area contributed by atoms with Crippen LogP contribution < -0.4 is 10.6 Å². The molecule has 3 nitrogen and oxygen atoms in total. The smallest absolute Gasteiger partial charge is 0.353 e. The topological polar surface area (TPSA) is 41.1 Å². The first kappa shape index (κ1) is 20.0. The molecule has 1 aromatic rings. The average molecular weight is 377 g/mol. The minimum Gasteiger partial charge on any atom is -0.353 e. The maximum absolute atomic E-state index is 12.8. The molecule has 1 aromatic carbocycles. The first-order chi connectivity index (χ1) is 11.3. The standard InChI is InChI=1S/C18H23F3N2O.ClH/c1-11(7-12-3-2-4-13(8-12)18(19,20)21)17(24)23-16-9-14-5-6-15(10-16)22-14;/h2-4,8,11,14-16,22H,5-7,9-10H2,1H3,(H,23,24);1H. The van der Waals surface area contributed by atoms with Crippen molar-refractivity contribution in [3.8, 4) is 0 Å². The van der Waals surface area contributed by atoms with Gasteiger partial charge < -0.3 is 10.6 Å². The van der Waals surface area contributed by atoms with Crippen LogP contribution in [0.1, 0.15) is 43.7 Å². The van der Waals surface area contributed by atoms with E-state index in [1.807, 2.05) is 0 Å². The molecule has 3 rings (SSSR count). The van der Waals surface area contributed by atoms with Gasteiger partial charge in [-0.3, -0.25) is 4.79 Å². The van der Waals surface area contributed by atoms with Gasteiger partial charge in [0.1, 0.15) is 0 Å². The van der Waals surface area contributed by atoms with Crippen molar-refractivity contribution in [1.29, 1.82) is 0 Å². The third kappa shape index (κ3) is 5.11. The van der Waals surface area contributed by atoms with Crippen LogP contribution in [0.15, 0.2) is 24.3 Å². The van der Waals surface area contributed by atoms with Gasteiger partial charge in [-0.2, -0.15) is 13.2 Å². The fourth-order valence-corrected chi connectivity index (χ4v) is 3.84. The zero-order valence-electron chi connectivity index (χ0n) is 14.1. The summed E-state index contributed by atoms with van der Waals surface area (Å²) in [5.74, 6) is -0.417. The van der Waals surface area contributed by atoms with E-state index in [4.69, 9.17) is 0 Å². The molecular formula is C18H24ClF3N2O. The molecule has 2 heterocycles. The van der Waals surface area contributed by atoms with Gasteiger partial charge in [0, 0.05) is 24.0 Å². The van der Waals surface area contributed by atoms with Crippen LogP contribution in [-0.2, 0) is 17.4 Å². The fourth-order valence-electron chi connectivity index (χ4n) is 3.84. The number of amides is 1. The lowest BCUT2D eigenvalue weighted by Crippen LogP contribution is -2.49. The Labute approximate surface area is 152 Å². The van der Waals surface area contributed by atoms with Gasteiger partial charge in [0.15, 0.2) is 0 Å². The number of fused-ring (bicyclic) bond motifs is 2. The van der Waals surface area contributed by atoms with E-state index in [1.54, 1.807) is 13.0 Å². The molecule has 0 radical (unpaired) electrons. The van der Waals surface area contributed by atoms with Crippen molar-refractivity contribution in [2.75, 3.05) is 0 Å². The Morgan fingerprint density at radius 2 is 1.92 bits per heavy atom. The lowest BCUT2D eigenvalue weighted by molar-refractivity contribution is -0.137. The van der Waals surface area contributed by atoms with Crippen molar-refractivity contribution < 1.29 is 18.0 Å². The van der Waals surface area contributed by atoms with Gasteiger partial charge in [0.2, 0.25) is 5.91 Å². The summed E-state index contributed by atoms with van der Waals surface area (Å²) in [7, 11) is 0. The number of halogens is 4. The molecule has 2 aliphatic heterocycles. The summed E-state index contributed by atoms with van der Waals surface area (Å²) >= 11 is 0. The van der Waals surface area contributed by atoms with Crippen molar-refractivity contribution in [2.24, 2.45) is 5.92 Å². The summed E-state index contributed by atoms with van der Waals surface area (Å²) in [5, 5.41) is 6.61. The van der Waals surface area contributed by atoms with E-state index in [0.717, 1.165) is 37.8 Å². The Balaban J connectivity index is 0.00000225. The summed E-state index contributed by atoms with van der Waals surface area (Å²) < 4.78 is 38.3. The molecule has 1 amide bonds. The van der Waals surface area contributed by atoms with Crippen molar-refractivity contribution in [3.05, 3.63) is 35.4 Å². The molecule has 2 fully saturated rings. The van der Waals surface area contributed by atoms with Gasteiger partial charge >= 0.3 is 6.18 Å². The Hall–Kier alpha value is -1.27. The van der Waals surface area contributed by atoms with Crippen LogP contribution in [-0.4, -0.2) is 24.0 Å². The van der Waals surface area contributed by atoms with E-state index in [0.29, 0.717) is 24.1 Å². The molecule has 2 aliphatic rings. The van der Waals surface area contributed by atoms with Gasteiger partial charge in [0.05, 0.1) is 5.56 Å². The third-order valence-electron chi connectivity index (χ3n) is 5.06. The van der Waals surface area contributed by atoms with Crippen LogP contribution in [0.3, 0.4) is 0 Å². The number of hydrogen-bond acceptors (Lipinski definition) is 2. The Kier molecular flexibility index (Phi) is 6.38. The van der Waals surface area contributed by atoms with E-state index in [9.17, 15) is 18.0 Å². The lowest BCUT2D eigenvalue weighted by Gasteiger charge is -2.30. The van der Waals surface area contributed by atoms with Gasteiger partial charge in [-0.05, 0) is 43.7 Å². The van der Waals surface area contributed by atoms with Crippen molar-refractivity contribution >= 4 is 18.3 Å². The molecule has 3 unspecified atom stereocenters. The molecule has 2 N–H and O–H groups in total. The first-order valence-electron chi connectivity index (χ1n) is 8.54. The quantitative estimate of drug-likeness (QED) is 0.841. The number of piperidine rings is 1. The van der Waals surface area contributed by atoms with E-state index >= 15 is 0 Å². The second kappa shape index (κ2) is 7.96. The molecule has 25 heavy (non-hydrogen) atoms. The molecule has 3 atom stereocenters. The van der Waals surface area contributed by atoms with Gasteiger partial charge in [-0.1, -0.05) is 25.1 Å². The highest BCUT2D eigenvalue weighted by Crippen LogP contribution is 2.30. The molecule has 0 aromatic heterocycles. The molecule has 2 saturated heterocycles. The van der Waals surface area contributed by atoms with Crippen LogP contribution in [0.25, 0.3) is 0 Å². The maximum atomic E-state index is 12.8. The summed E-state index contributed by atoms with van der Waals surface area (Å²) in [6.45, 7) is 1.77. The van der Waals surface area contributed by atoms with Crippen molar-refractivity contribution in [2.45, 2.75) is 63.3 Å². The number of nitrogens with one attached hydrogen (secondary N) is 2. The number of carbonyl (C=O) groups is 1. The highest BCUT2D eigenvalue weighted by molar-refractivity contribution is 5.85. The van der Waals surface area contributed by atoms with Crippen LogP contribution in [0.4, 0.5) is 13.2 Å². The molecule has 0 aliphatic carbocycles. The molecule has 140 valence electrons. The highest BCUT2D eigenvalue weighted by Gasteiger charge is 2.34. The van der Waals surface area contributed by atoms with E-state index in [-0.39, 0.29) is 30.3 Å². The summed E-state index contributed by atoms with van der Waals surface area (Å²) in [6, 6.07) is 6.39. The van der Waals surface area contributed by atoms with Crippen molar-refractivity contribution in [3.63, 3.8) is 0 Å².